The van der Waals surface area contributed by atoms with Gasteiger partial charge in [0.25, 0.3) is 5.91 Å². The van der Waals surface area contributed by atoms with Gasteiger partial charge in [0.05, 0.1) is 12.7 Å². The fraction of sp³-hybridized carbons (Fsp3) is 0.0800. The van der Waals surface area contributed by atoms with Gasteiger partial charge in [0.15, 0.2) is 11.5 Å². The zero-order valence-corrected chi connectivity index (χ0v) is 17.2. The number of carboxylic acid groups (broad SMARTS) is 1. The molecule has 2 N–H and O–H groups in total. The molecule has 160 valence electrons. The highest BCUT2D eigenvalue weighted by molar-refractivity contribution is 6.09. The molecule has 3 aromatic carbocycles. The maximum atomic E-state index is 12.4. The van der Waals surface area contributed by atoms with Gasteiger partial charge in [0.1, 0.15) is 18.2 Å². The first-order chi connectivity index (χ1) is 15.5. The zero-order chi connectivity index (χ0) is 22.9. The number of methoxy groups -OCH3 is 1. The molecule has 0 aliphatic rings. The van der Waals surface area contributed by atoms with Crippen LogP contribution in [-0.2, 0) is 11.4 Å². The van der Waals surface area contributed by atoms with Gasteiger partial charge in [-0.1, -0.05) is 36.4 Å². The molecule has 0 fully saturated rings. The second-order valence-electron chi connectivity index (χ2n) is 6.69. The molecule has 0 saturated carbocycles. The van der Waals surface area contributed by atoms with Crippen molar-refractivity contribution in [2.75, 3.05) is 12.4 Å². The van der Waals surface area contributed by atoms with Crippen LogP contribution >= 0.6 is 0 Å². The number of carboxylic acids is 1. The molecular formula is C25H20N2O5. The number of benzene rings is 3. The molecular weight excluding hydrogens is 408 g/mol. The van der Waals surface area contributed by atoms with E-state index >= 15 is 0 Å². The standard InChI is InChI=1S/C25H20N2O5/c1-31-23-14-18(13-20(15-26)24(28)27-21-5-3-2-4-6-21)9-12-22(23)32-16-17-7-10-19(11-8-17)25(29)30/h2-14H,16H2,1H3,(H,27,28)(H,29,30)/b20-13+. The number of nitrogens with zero attached hydrogens (tertiary/aromatic N) is 1. The van der Waals surface area contributed by atoms with Gasteiger partial charge < -0.3 is 19.9 Å². The van der Waals surface area contributed by atoms with Gasteiger partial charge in [-0.15, -0.1) is 0 Å². The van der Waals surface area contributed by atoms with Crippen molar-refractivity contribution in [2.45, 2.75) is 6.61 Å². The first-order valence-electron chi connectivity index (χ1n) is 9.61. The molecule has 0 saturated heterocycles. The highest BCUT2D eigenvalue weighted by atomic mass is 16.5. The smallest absolute Gasteiger partial charge is 0.335 e. The molecule has 0 radical (unpaired) electrons. The monoisotopic (exact) mass is 428 g/mol. The van der Waals surface area contributed by atoms with Crippen molar-refractivity contribution in [1.29, 1.82) is 5.26 Å². The Balaban J connectivity index is 1.72. The lowest BCUT2D eigenvalue weighted by molar-refractivity contribution is -0.112. The third-order valence-corrected chi connectivity index (χ3v) is 4.49. The largest absolute Gasteiger partial charge is 0.493 e. The molecule has 1 amide bonds. The van der Waals surface area contributed by atoms with Crippen molar-refractivity contribution < 1.29 is 24.2 Å². The quantitative estimate of drug-likeness (QED) is 0.403. The highest BCUT2D eigenvalue weighted by Gasteiger charge is 2.11. The van der Waals surface area contributed by atoms with E-state index in [0.29, 0.717) is 22.7 Å². The van der Waals surface area contributed by atoms with Crippen LogP contribution in [0.1, 0.15) is 21.5 Å². The minimum Gasteiger partial charge on any atom is -0.493 e. The Hall–Kier alpha value is -4.57. The lowest BCUT2D eigenvalue weighted by atomic mass is 10.1. The lowest BCUT2D eigenvalue weighted by Crippen LogP contribution is -2.13. The first kappa shape index (κ1) is 22.1. The fourth-order valence-electron chi connectivity index (χ4n) is 2.83. The molecule has 0 atom stereocenters. The summed E-state index contributed by atoms with van der Waals surface area (Å²) in [6.45, 7) is 0.217. The van der Waals surface area contributed by atoms with Crippen molar-refractivity contribution >= 4 is 23.6 Å². The van der Waals surface area contributed by atoms with Crippen molar-refractivity contribution in [3.05, 3.63) is 95.1 Å². The lowest BCUT2D eigenvalue weighted by Gasteiger charge is -2.12. The molecule has 0 heterocycles. The molecule has 0 aromatic heterocycles. The molecule has 7 heteroatoms. The summed E-state index contributed by atoms with van der Waals surface area (Å²) in [4.78, 5) is 23.3. The fourth-order valence-corrected chi connectivity index (χ4v) is 2.83. The van der Waals surface area contributed by atoms with Gasteiger partial charge in [-0.3, -0.25) is 4.79 Å². The van der Waals surface area contributed by atoms with Crippen molar-refractivity contribution in [3.8, 4) is 17.6 Å². The predicted molar refractivity (Wildman–Crippen MR) is 119 cm³/mol. The van der Waals surface area contributed by atoms with E-state index in [0.717, 1.165) is 5.56 Å². The Kier molecular flexibility index (Phi) is 7.23. The zero-order valence-electron chi connectivity index (χ0n) is 17.2. The van der Waals surface area contributed by atoms with E-state index in [2.05, 4.69) is 5.32 Å². The number of aromatic carboxylic acids is 1. The van der Waals surface area contributed by atoms with Crippen molar-refractivity contribution in [3.63, 3.8) is 0 Å². The number of rotatable bonds is 8. The van der Waals surface area contributed by atoms with Gasteiger partial charge in [0.2, 0.25) is 0 Å². The van der Waals surface area contributed by atoms with Crippen LogP contribution in [0.25, 0.3) is 6.08 Å². The summed E-state index contributed by atoms with van der Waals surface area (Å²) in [5.41, 5.74) is 2.14. The summed E-state index contributed by atoms with van der Waals surface area (Å²) in [5.74, 6) is -0.597. The Morgan fingerprint density at radius 2 is 1.75 bits per heavy atom. The number of anilines is 1. The van der Waals surface area contributed by atoms with E-state index < -0.39 is 11.9 Å². The van der Waals surface area contributed by atoms with Crippen LogP contribution < -0.4 is 14.8 Å². The molecule has 32 heavy (non-hydrogen) atoms. The van der Waals surface area contributed by atoms with Gasteiger partial charge in [-0.2, -0.15) is 5.26 Å². The third-order valence-electron chi connectivity index (χ3n) is 4.49. The van der Waals surface area contributed by atoms with E-state index in [1.54, 1.807) is 54.6 Å². The predicted octanol–water partition coefficient (Wildman–Crippen LogP) is 4.52. The molecule has 0 bridgehead atoms. The van der Waals surface area contributed by atoms with Crippen LogP contribution in [0.15, 0.2) is 78.4 Å². The van der Waals surface area contributed by atoms with Crippen LogP contribution in [0, 0.1) is 11.3 Å². The number of hydrogen-bond donors (Lipinski definition) is 2. The molecule has 0 aliphatic heterocycles. The average molecular weight is 428 g/mol. The van der Waals surface area contributed by atoms with Crippen molar-refractivity contribution in [2.24, 2.45) is 0 Å². The minimum atomic E-state index is -0.989. The maximum absolute atomic E-state index is 12.4. The topological polar surface area (TPSA) is 109 Å². The van der Waals surface area contributed by atoms with E-state index in [9.17, 15) is 14.9 Å². The maximum Gasteiger partial charge on any atom is 0.335 e. The summed E-state index contributed by atoms with van der Waals surface area (Å²) in [7, 11) is 1.49. The van der Waals surface area contributed by atoms with E-state index in [1.165, 1.54) is 25.3 Å². The van der Waals surface area contributed by atoms with Gasteiger partial charge in [0, 0.05) is 5.69 Å². The van der Waals surface area contributed by atoms with E-state index in [4.69, 9.17) is 14.6 Å². The summed E-state index contributed by atoms with van der Waals surface area (Å²) in [5, 5.41) is 21.1. The Morgan fingerprint density at radius 3 is 2.38 bits per heavy atom. The highest BCUT2D eigenvalue weighted by Crippen LogP contribution is 2.30. The number of hydrogen-bond acceptors (Lipinski definition) is 5. The summed E-state index contributed by atoms with van der Waals surface area (Å²) in [6.07, 6.45) is 1.47. The number of para-hydroxylation sites is 1. The summed E-state index contributed by atoms with van der Waals surface area (Å²) < 4.78 is 11.2. The Morgan fingerprint density at radius 1 is 1.03 bits per heavy atom. The second kappa shape index (κ2) is 10.5. The van der Waals surface area contributed by atoms with Gasteiger partial charge in [-0.25, -0.2) is 4.79 Å². The van der Waals surface area contributed by atoms with Crippen LogP contribution in [0.2, 0.25) is 0 Å². The van der Waals surface area contributed by atoms with Crippen LogP contribution in [-0.4, -0.2) is 24.1 Å². The molecule has 3 rings (SSSR count). The molecule has 0 unspecified atom stereocenters. The van der Waals surface area contributed by atoms with Gasteiger partial charge >= 0.3 is 5.97 Å². The van der Waals surface area contributed by atoms with Crippen molar-refractivity contribution in [1.82, 2.24) is 0 Å². The first-order valence-corrected chi connectivity index (χ1v) is 9.61. The van der Waals surface area contributed by atoms with Crippen LogP contribution in [0.3, 0.4) is 0 Å². The average Bonchev–Trinajstić information content (AvgIpc) is 2.82. The normalized spacial score (nSPS) is 10.7. The number of nitrogens with one attached hydrogen (secondary N) is 1. The van der Waals surface area contributed by atoms with E-state index in [1.807, 2.05) is 12.1 Å². The Bertz CT molecular complexity index is 1180. The summed E-state index contributed by atoms with van der Waals surface area (Å²) in [6, 6.07) is 22.2. The summed E-state index contributed by atoms with van der Waals surface area (Å²) >= 11 is 0. The molecule has 3 aromatic rings. The molecule has 0 aliphatic carbocycles. The number of carbonyl (C=O) groups is 2. The third kappa shape index (κ3) is 5.74. The van der Waals surface area contributed by atoms with Crippen LogP contribution in [0.5, 0.6) is 11.5 Å². The minimum absolute atomic E-state index is 0.0527. The molecule has 0 spiro atoms. The molecule has 7 nitrogen and oxygen atoms in total. The second-order valence-corrected chi connectivity index (χ2v) is 6.69. The number of nitriles is 1. The number of ether oxygens (including phenoxy) is 2. The Labute approximate surface area is 185 Å². The number of carbonyl (C=O) groups excluding carboxylic acids is 1. The number of amides is 1. The van der Waals surface area contributed by atoms with E-state index in [-0.39, 0.29) is 17.7 Å². The van der Waals surface area contributed by atoms with Gasteiger partial charge in [-0.05, 0) is 53.6 Å². The van der Waals surface area contributed by atoms with Crippen LogP contribution in [0.4, 0.5) is 5.69 Å². The SMILES string of the molecule is COc1cc(/C=C(\C#N)C(=O)Nc2ccccc2)ccc1OCc1ccc(C(=O)O)cc1.